The van der Waals surface area contributed by atoms with E-state index >= 15 is 0 Å². The largest absolute Gasteiger partial charge is 0.465 e. The zero-order valence-corrected chi connectivity index (χ0v) is 21.1. The van der Waals surface area contributed by atoms with E-state index in [2.05, 4.69) is 24.5 Å². The third-order valence-corrected chi connectivity index (χ3v) is 7.43. The summed E-state index contributed by atoms with van der Waals surface area (Å²) in [6, 6.07) is -0.636. The van der Waals surface area contributed by atoms with Gasteiger partial charge in [0.15, 0.2) is 6.61 Å². The van der Waals surface area contributed by atoms with Gasteiger partial charge in [0.2, 0.25) is 0 Å². The van der Waals surface area contributed by atoms with Gasteiger partial charge >= 0.3 is 18.0 Å². The molecule has 2 aliphatic rings. The van der Waals surface area contributed by atoms with Crippen LogP contribution in [0.15, 0.2) is 0 Å². The van der Waals surface area contributed by atoms with Gasteiger partial charge in [0, 0.05) is 4.88 Å². The summed E-state index contributed by atoms with van der Waals surface area (Å²) in [6.45, 7) is 8.49. The number of imide groups is 1. The van der Waals surface area contributed by atoms with E-state index in [9.17, 15) is 24.0 Å². The first-order chi connectivity index (χ1) is 15.8. The van der Waals surface area contributed by atoms with Crippen molar-refractivity contribution in [2.24, 2.45) is 11.3 Å². The Morgan fingerprint density at radius 1 is 1.21 bits per heavy atom. The van der Waals surface area contributed by atoms with Crippen molar-refractivity contribution >= 4 is 46.1 Å². The number of thiophene rings is 1. The van der Waals surface area contributed by atoms with E-state index < -0.39 is 48.5 Å². The average Bonchev–Trinajstić information content (AvgIpc) is 3.11. The molecule has 2 fully saturated rings. The molecular weight excluding hydrogens is 462 g/mol. The van der Waals surface area contributed by atoms with Crippen molar-refractivity contribution in [2.75, 3.05) is 25.6 Å². The fraction of sp³-hybridized carbons (Fsp3) is 0.609. The lowest BCUT2D eigenvalue weighted by Gasteiger charge is -2.43. The Kier molecular flexibility index (Phi) is 7.07. The van der Waals surface area contributed by atoms with Gasteiger partial charge in [-0.1, -0.05) is 20.8 Å². The number of hydrogen-bond donors (Lipinski definition) is 2. The molecule has 4 amide bonds. The van der Waals surface area contributed by atoms with Crippen LogP contribution in [0, 0.1) is 25.2 Å². The minimum atomic E-state index is -1.02. The zero-order valence-electron chi connectivity index (χ0n) is 20.3. The van der Waals surface area contributed by atoms with Crippen LogP contribution >= 0.6 is 11.3 Å². The van der Waals surface area contributed by atoms with Gasteiger partial charge < -0.3 is 20.1 Å². The lowest BCUT2D eigenvalue weighted by atomic mass is 9.64. The number of ether oxygens (including phenoxy) is 2. The molecule has 2 atom stereocenters. The van der Waals surface area contributed by atoms with Crippen LogP contribution in [0.4, 0.5) is 9.80 Å². The Labute approximate surface area is 202 Å². The van der Waals surface area contributed by atoms with Crippen molar-refractivity contribution in [3.8, 4) is 0 Å². The Balaban J connectivity index is 1.59. The number of aryl methyl sites for hydroxylation is 1. The molecular formula is C23H31N3O7S. The van der Waals surface area contributed by atoms with Crippen LogP contribution in [0.3, 0.4) is 0 Å². The number of hydrogen-bond acceptors (Lipinski definition) is 8. The molecule has 3 rings (SSSR count). The van der Waals surface area contributed by atoms with Crippen molar-refractivity contribution in [1.29, 1.82) is 0 Å². The van der Waals surface area contributed by atoms with Crippen LogP contribution in [0.25, 0.3) is 0 Å². The summed E-state index contributed by atoms with van der Waals surface area (Å²) < 4.78 is 9.77. The number of anilines is 1. The minimum Gasteiger partial charge on any atom is -0.465 e. The van der Waals surface area contributed by atoms with E-state index in [1.54, 1.807) is 13.8 Å². The van der Waals surface area contributed by atoms with Crippen molar-refractivity contribution in [3.63, 3.8) is 0 Å². The zero-order chi connectivity index (χ0) is 25.4. The Morgan fingerprint density at radius 2 is 1.88 bits per heavy atom. The normalized spacial score (nSPS) is 23.6. The summed E-state index contributed by atoms with van der Waals surface area (Å²) in [5, 5.41) is 5.65. The van der Waals surface area contributed by atoms with Gasteiger partial charge in [0.25, 0.3) is 11.8 Å². The fourth-order valence-electron chi connectivity index (χ4n) is 5.20. The summed E-state index contributed by atoms with van der Waals surface area (Å²) in [5.74, 6) is -2.32. The van der Waals surface area contributed by atoms with Gasteiger partial charge in [0.05, 0.1) is 12.7 Å². The highest BCUT2D eigenvalue weighted by molar-refractivity contribution is 7.16. The van der Waals surface area contributed by atoms with Gasteiger partial charge in [-0.05, 0) is 50.0 Å². The third-order valence-electron chi connectivity index (χ3n) is 6.30. The second-order valence-electron chi connectivity index (χ2n) is 9.95. The van der Waals surface area contributed by atoms with E-state index in [4.69, 9.17) is 9.47 Å². The second-order valence-corrected chi connectivity index (χ2v) is 11.2. The molecule has 0 radical (unpaired) electrons. The maximum absolute atomic E-state index is 13.1. The van der Waals surface area contributed by atoms with E-state index in [1.165, 1.54) is 18.4 Å². The molecule has 1 aromatic rings. The van der Waals surface area contributed by atoms with E-state index in [-0.39, 0.29) is 16.9 Å². The van der Waals surface area contributed by atoms with Crippen LogP contribution in [0.1, 0.15) is 60.8 Å². The molecule has 34 heavy (non-hydrogen) atoms. The number of amides is 4. The second kappa shape index (κ2) is 9.36. The molecule has 10 nitrogen and oxygen atoms in total. The highest BCUT2D eigenvalue weighted by Crippen LogP contribution is 2.46. The van der Waals surface area contributed by atoms with Crippen molar-refractivity contribution in [1.82, 2.24) is 10.2 Å². The molecule has 1 aliphatic heterocycles. The number of rotatable bonds is 6. The lowest BCUT2D eigenvalue weighted by Crippen LogP contribution is -2.54. The minimum absolute atomic E-state index is 0.128. The molecule has 11 heteroatoms. The quantitative estimate of drug-likeness (QED) is 0.460. The molecule has 1 saturated carbocycles. The number of methoxy groups -OCH3 is 1. The maximum Gasteiger partial charge on any atom is 0.341 e. The lowest BCUT2D eigenvalue weighted by molar-refractivity contribution is -0.150. The molecule has 186 valence electrons. The topological polar surface area (TPSA) is 131 Å². The Hall–Kier alpha value is -2.95. The molecule has 0 aromatic carbocycles. The van der Waals surface area contributed by atoms with E-state index in [0.29, 0.717) is 23.4 Å². The summed E-state index contributed by atoms with van der Waals surface area (Å²) in [7, 11) is 1.25. The first-order valence-electron chi connectivity index (χ1n) is 11.1. The van der Waals surface area contributed by atoms with E-state index in [1.807, 2.05) is 6.92 Å². The SMILES string of the molecule is COC(=O)c1c(NC(=O)COC(=O)CN2C(=O)N[C@]3(C[C@H](C)CC(C)(C)C3)C2=O)sc(C)c1C. The van der Waals surface area contributed by atoms with Gasteiger partial charge in [0.1, 0.15) is 17.1 Å². The smallest absolute Gasteiger partial charge is 0.341 e. The fourth-order valence-corrected chi connectivity index (χ4v) is 6.26. The number of urea groups is 1. The number of nitrogens with zero attached hydrogens (tertiary/aromatic N) is 1. The van der Waals surface area contributed by atoms with Gasteiger partial charge in [-0.3, -0.25) is 19.3 Å². The standard InChI is InChI=1S/C23H31N3O7S/c1-12-7-22(4,5)11-23(8-12)20(30)26(21(31)25-23)9-16(28)33-10-15(27)24-18-17(19(29)32-6)13(2)14(3)34-18/h12H,7-11H2,1-6H3,(H,24,27)(H,25,31)/t12-,23+/m1/s1. The van der Waals surface area contributed by atoms with Gasteiger partial charge in [-0.15, -0.1) is 11.3 Å². The van der Waals surface area contributed by atoms with Crippen LogP contribution in [-0.2, 0) is 23.9 Å². The molecule has 1 aromatic heterocycles. The van der Waals surface area contributed by atoms with Gasteiger partial charge in [-0.2, -0.15) is 0 Å². The number of carbonyl (C=O) groups is 5. The highest BCUT2D eigenvalue weighted by Gasteiger charge is 2.56. The van der Waals surface area contributed by atoms with Gasteiger partial charge in [-0.25, -0.2) is 9.59 Å². The maximum atomic E-state index is 13.1. The molecule has 0 bridgehead atoms. The monoisotopic (exact) mass is 493 g/mol. The van der Waals surface area contributed by atoms with Crippen molar-refractivity contribution < 1.29 is 33.4 Å². The first-order valence-corrected chi connectivity index (χ1v) is 11.9. The van der Waals surface area contributed by atoms with Crippen LogP contribution in [0.5, 0.6) is 0 Å². The predicted octanol–water partition coefficient (Wildman–Crippen LogP) is 2.77. The van der Waals surface area contributed by atoms with E-state index in [0.717, 1.165) is 16.2 Å². The first kappa shape index (κ1) is 25.7. The molecule has 1 spiro atoms. The molecule has 0 unspecified atom stereocenters. The molecule has 2 N–H and O–H groups in total. The summed E-state index contributed by atoms with van der Waals surface area (Å²) in [5.41, 5.74) is -0.206. The summed E-state index contributed by atoms with van der Waals surface area (Å²) in [6.07, 6.45) is 1.94. The van der Waals surface area contributed by atoms with Crippen LogP contribution < -0.4 is 10.6 Å². The Bertz CT molecular complexity index is 1050. The third kappa shape index (κ3) is 5.08. The van der Waals surface area contributed by atoms with Crippen LogP contribution in [-0.4, -0.2) is 60.5 Å². The summed E-state index contributed by atoms with van der Waals surface area (Å²) in [4.78, 5) is 64.0. The highest BCUT2D eigenvalue weighted by atomic mass is 32.1. The van der Waals surface area contributed by atoms with Crippen molar-refractivity contribution in [2.45, 2.75) is 59.4 Å². The Morgan fingerprint density at radius 3 is 2.50 bits per heavy atom. The molecule has 2 heterocycles. The predicted molar refractivity (Wildman–Crippen MR) is 124 cm³/mol. The number of carbonyl (C=O) groups excluding carboxylic acids is 5. The summed E-state index contributed by atoms with van der Waals surface area (Å²) >= 11 is 1.21. The molecule has 1 saturated heterocycles. The number of nitrogens with one attached hydrogen (secondary N) is 2. The average molecular weight is 494 g/mol. The van der Waals surface area contributed by atoms with Crippen LogP contribution in [0.2, 0.25) is 0 Å². The molecule has 1 aliphatic carbocycles. The van der Waals surface area contributed by atoms with Crippen molar-refractivity contribution in [3.05, 3.63) is 16.0 Å². The number of esters is 2.